The second kappa shape index (κ2) is 7.62. The van der Waals surface area contributed by atoms with Gasteiger partial charge in [0.25, 0.3) is 5.91 Å². The molecule has 2 saturated heterocycles. The molecule has 2 fully saturated rings. The molecule has 7 heteroatoms. The summed E-state index contributed by atoms with van der Waals surface area (Å²) < 4.78 is 5.29. The highest BCUT2D eigenvalue weighted by Crippen LogP contribution is 2.29. The molecule has 6 nitrogen and oxygen atoms in total. The zero-order valence-electron chi connectivity index (χ0n) is 14.4. The van der Waals surface area contributed by atoms with Crippen LogP contribution in [0.1, 0.15) is 29.6 Å². The number of nitrogens with two attached hydrogens (primary N) is 1. The minimum Gasteiger partial charge on any atom is -0.496 e. The second-order valence-corrected chi connectivity index (χ2v) is 7.11. The van der Waals surface area contributed by atoms with E-state index in [4.69, 9.17) is 22.1 Å². The van der Waals surface area contributed by atoms with Crippen LogP contribution in [0.2, 0.25) is 5.02 Å². The van der Waals surface area contributed by atoms with Crippen molar-refractivity contribution in [1.82, 2.24) is 9.80 Å². The van der Waals surface area contributed by atoms with E-state index in [1.54, 1.807) is 23.1 Å². The Kier molecular flexibility index (Phi) is 5.49. The van der Waals surface area contributed by atoms with E-state index < -0.39 is 6.04 Å². The van der Waals surface area contributed by atoms with Crippen molar-refractivity contribution in [2.75, 3.05) is 33.3 Å². The van der Waals surface area contributed by atoms with Crippen molar-refractivity contribution < 1.29 is 14.3 Å². The number of carbonyl (C=O) groups is 2. The largest absolute Gasteiger partial charge is 0.496 e. The van der Waals surface area contributed by atoms with E-state index in [-0.39, 0.29) is 11.8 Å². The van der Waals surface area contributed by atoms with Gasteiger partial charge in [0.2, 0.25) is 5.91 Å². The van der Waals surface area contributed by atoms with Crippen LogP contribution in [-0.4, -0.2) is 60.9 Å². The number of methoxy groups -OCH3 is 1. The third kappa shape index (κ3) is 3.60. The smallest absolute Gasteiger partial charge is 0.258 e. The molecular weight excluding hydrogens is 342 g/mol. The molecule has 2 unspecified atom stereocenters. The topological polar surface area (TPSA) is 75.9 Å². The summed E-state index contributed by atoms with van der Waals surface area (Å²) in [5.41, 5.74) is 6.12. The molecule has 2 heterocycles. The number of carbonyl (C=O) groups excluding carboxylic acids is 2. The van der Waals surface area contributed by atoms with E-state index in [2.05, 4.69) is 0 Å². The maximum atomic E-state index is 13.0. The lowest BCUT2D eigenvalue weighted by Gasteiger charge is -2.28. The Morgan fingerprint density at radius 3 is 2.80 bits per heavy atom. The maximum absolute atomic E-state index is 13.0. The molecule has 1 aromatic rings. The van der Waals surface area contributed by atoms with Crippen molar-refractivity contribution in [2.24, 2.45) is 11.7 Å². The number of halogens is 1. The number of hydrogen-bond acceptors (Lipinski definition) is 4. The van der Waals surface area contributed by atoms with E-state index in [9.17, 15) is 9.59 Å². The summed E-state index contributed by atoms with van der Waals surface area (Å²) in [5.74, 6) is 0.659. The molecule has 2 N–H and O–H groups in total. The van der Waals surface area contributed by atoms with Crippen LogP contribution in [0.25, 0.3) is 0 Å². The Morgan fingerprint density at radius 2 is 2.12 bits per heavy atom. The van der Waals surface area contributed by atoms with E-state index in [0.29, 0.717) is 48.3 Å². The monoisotopic (exact) mass is 365 g/mol. The Bertz CT molecular complexity index is 667. The standard InChI is InChI=1S/C18H24ClN3O3/c1-25-16-5-4-13(19)9-14(16)17(23)22-7-2-3-15(22)18(24)21-8-6-12(10-20)11-21/h4-5,9,12,15H,2-3,6-8,10-11,20H2,1H3. The zero-order valence-corrected chi connectivity index (χ0v) is 15.2. The Morgan fingerprint density at radius 1 is 1.32 bits per heavy atom. The number of hydrogen-bond donors (Lipinski definition) is 1. The summed E-state index contributed by atoms with van der Waals surface area (Å²) in [6.45, 7) is 2.57. The predicted octanol–water partition coefficient (Wildman–Crippen LogP) is 1.76. The van der Waals surface area contributed by atoms with Gasteiger partial charge < -0.3 is 20.3 Å². The van der Waals surface area contributed by atoms with Gasteiger partial charge in [0.05, 0.1) is 12.7 Å². The third-order valence-electron chi connectivity index (χ3n) is 5.12. The second-order valence-electron chi connectivity index (χ2n) is 6.68. The number of ether oxygens (including phenoxy) is 1. The Labute approximate surface area is 152 Å². The van der Waals surface area contributed by atoms with E-state index in [0.717, 1.165) is 19.4 Å². The van der Waals surface area contributed by atoms with E-state index in [1.807, 2.05) is 4.90 Å². The van der Waals surface area contributed by atoms with E-state index in [1.165, 1.54) is 7.11 Å². The minimum absolute atomic E-state index is 0.0304. The summed E-state index contributed by atoms with van der Waals surface area (Å²) in [4.78, 5) is 29.4. The first kappa shape index (κ1) is 18.0. The first-order valence-corrected chi connectivity index (χ1v) is 9.06. The van der Waals surface area contributed by atoms with Crippen LogP contribution in [0, 0.1) is 5.92 Å². The van der Waals surface area contributed by atoms with Gasteiger partial charge >= 0.3 is 0 Å². The van der Waals surface area contributed by atoms with Crippen molar-refractivity contribution in [3.63, 3.8) is 0 Å². The van der Waals surface area contributed by atoms with Crippen LogP contribution in [0.15, 0.2) is 18.2 Å². The molecule has 0 aromatic heterocycles. The van der Waals surface area contributed by atoms with Gasteiger partial charge in [0.15, 0.2) is 0 Å². The van der Waals surface area contributed by atoms with Gasteiger partial charge in [0, 0.05) is 24.7 Å². The number of amides is 2. The zero-order chi connectivity index (χ0) is 18.0. The lowest BCUT2D eigenvalue weighted by Crippen LogP contribution is -2.47. The lowest BCUT2D eigenvalue weighted by atomic mass is 10.1. The summed E-state index contributed by atoms with van der Waals surface area (Å²) in [6, 6.07) is 4.55. The molecule has 2 aliphatic heterocycles. The van der Waals surface area contributed by atoms with E-state index >= 15 is 0 Å². The van der Waals surface area contributed by atoms with Crippen molar-refractivity contribution in [2.45, 2.75) is 25.3 Å². The molecular formula is C18H24ClN3O3. The molecule has 0 spiro atoms. The average molecular weight is 366 g/mol. The highest BCUT2D eigenvalue weighted by molar-refractivity contribution is 6.31. The molecule has 136 valence electrons. The molecule has 1 aromatic carbocycles. The number of nitrogens with zero attached hydrogens (tertiary/aromatic N) is 2. The first-order chi connectivity index (χ1) is 12.0. The summed E-state index contributed by atoms with van der Waals surface area (Å²) in [7, 11) is 1.52. The Balaban J connectivity index is 1.78. The van der Waals surface area contributed by atoms with Gasteiger partial charge in [-0.15, -0.1) is 0 Å². The first-order valence-electron chi connectivity index (χ1n) is 8.68. The molecule has 0 saturated carbocycles. The van der Waals surface area contributed by atoms with Gasteiger partial charge in [-0.3, -0.25) is 9.59 Å². The van der Waals surface area contributed by atoms with Crippen molar-refractivity contribution in [1.29, 1.82) is 0 Å². The van der Waals surface area contributed by atoms with Crippen molar-refractivity contribution in [3.8, 4) is 5.75 Å². The summed E-state index contributed by atoms with van der Waals surface area (Å²) >= 11 is 6.05. The molecule has 2 atom stereocenters. The van der Waals surface area contributed by atoms with Crippen molar-refractivity contribution in [3.05, 3.63) is 28.8 Å². The van der Waals surface area contributed by atoms with Gasteiger partial charge in [-0.2, -0.15) is 0 Å². The number of likely N-dealkylation sites (tertiary alicyclic amines) is 2. The van der Waals surface area contributed by atoms with Gasteiger partial charge in [-0.05, 0) is 49.9 Å². The fourth-order valence-electron chi connectivity index (χ4n) is 3.70. The van der Waals surface area contributed by atoms with Crippen LogP contribution in [-0.2, 0) is 4.79 Å². The highest BCUT2D eigenvalue weighted by atomic mass is 35.5. The van der Waals surface area contributed by atoms with Crippen molar-refractivity contribution >= 4 is 23.4 Å². The molecule has 2 aliphatic rings. The summed E-state index contributed by atoms with van der Waals surface area (Å²) in [6.07, 6.45) is 2.45. The molecule has 3 rings (SSSR count). The average Bonchev–Trinajstić information content (AvgIpc) is 3.29. The highest BCUT2D eigenvalue weighted by Gasteiger charge is 2.39. The summed E-state index contributed by atoms with van der Waals surface area (Å²) in [5, 5.41) is 0.469. The Hall–Kier alpha value is -1.79. The van der Waals surface area contributed by atoms with Crippen LogP contribution >= 0.6 is 11.6 Å². The van der Waals surface area contributed by atoms with Gasteiger partial charge in [0.1, 0.15) is 11.8 Å². The fourth-order valence-corrected chi connectivity index (χ4v) is 3.88. The fraction of sp³-hybridized carbons (Fsp3) is 0.556. The number of rotatable bonds is 4. The minimum atomic E-state index is -0.410. The quantitative estimate of drug-likeness (QED) is 0.882. The lowest BCUT2D eigenvalue weighted by molar-refractivity contribution is -0.134. The van der Waals surface area contributed by atoms with Gasteiger partial charge in [-0.1, -0.05) is 11.6 Å². The van der Waals surface area contributed by atoms with Crippen LogP contribution in [0.5, 0.6) is 5.75 Å². The van der Waals surface area contributed by atoms with Crippen LogP contribution in [0.3, 0.4) is 0 Å². The predicted molar refractivity (Wildman–Crippen MR) is 95.8 cm³/mol. The molecule has 0 aliphatic carbocycles. The SMILES string of the molecule is COc1ccc(Cl)cc1C(=O)N1CCCC1C(=O)N1CCC(CN)C1. The van der Waals surface area contributed by atoms with Gasteiger partial charge in [-0.25, -0.2) is 0 Å². The number of benzene rings is 1. The third-order valence-corrected chi connectivity index (χ3v) is 5.36. The molecule has 25 heavy (non-hydrogen) atoms. The van der Waals surface area contributed by atoms with Crippen LogP contribution in [0.4, 0.5) is 0 Å². The molecule has 0 bridgehead atoms. The molecule has 0 radical (unpaired) electrons. The maximum Gasteiger partial charge on any atom is 0.258 e. The molecule has 2 amide bonds. The van der Waals surface area contributed by atoms with Crippen LogP contribution < -0.4 is 10.5 Å². The normalized spacial score (nSPS) is 23.2.